The first-order valence-corrected chi connectivity index (χ1v) is 7.06. The minimum atomic E-state index is 0.179. The number of aryl methyl sites for hydroxylation is 1. The van der Waals surface area contributed by atoms with Crippen LogP contribution in [0, 0.1) is 0 Å². The molecule has 0 aliphatic carbocycles. The third kappa shape index (κ3) is 1.99. The molecule has 6 nitrogen and oxygen atoms in total. The molecule has 0 radical (unpaired) electrons. The van der Waals surface area contributed by atoms with Crippen molar-refractivity contribution in [2.45, 2.75) is 12.5 Å². The molecular formula is C15H16N6. The Hall–Kier alpha value is -2.63. The van der Waals surface area contributed by atoms with E-state index in [4.69, 9.17) is 5.10 Å². The lowest BCUT2D eigenvalue weighted by Crippen LogP contribution is -2.26. The second-order valence-electron chi connectivity index (χ2n) is 5.18. The lowest BCUT2D eigenvalue weighted by Gasteiger charge is -2.24. The van der Waals surface area contributed by atoms with Crippen LogP contribution in [-0.2, 0) is 7.05 Å². The SMILES string of the molecule is Cn1nccc1C1CCNc2nc(-c3ccccc3)nn21. The van der Waals surface area contributed by atoms with Crippen LogP contribution in [0.15, 0.2) is 42.6 Å². The normalized spacial score (nSPS) is 17.3. The predicted molar refractivity (Wildman–Crippen MR) is 79.9 cm³/mol. The molecule has 0 spiro atoms. The zero-order valence-corrected chi connectivity index (χ0v) is 11.8. The van der Waals surface area contributed by atoms with Crippen molar-refractivity contribution >= 4 is 5.95 Å². The number of nitrogens with zero attached hydrogens (tertiary/aromatic N) is 5. The molecule has 21 heavy (non-hydrogen) atoms. The molecule has 1 unspecified atom stereocenters. The minimum absolute atomic E-state index is 0.179. The average molecular weight is 280 g/mol. The summed E-state index contributed by atoms with van der Waals surface area (Å²) in [6.45, 7) is 0.892. The van der Waals surface area contributed by atoms with Crippen LogP contribution in [-0.4, -0.2) is 31.1 Å². The number of benzene rings is 1. The van der Waals surface area contributed by atoms with Gasteiger partial charge in [-0.1, -0.05) is 30.3 Å². The van der Waals surface area contributed by atoms with Gasteiger partial charge in [0.25, 0.3) is 0 Å². The molecular weight excluding hydrogens is 264 g/mol. The second kappa shape index (κ2) is 4.73. The fourth-order valence-corrected chi connectivity index (χ4v) is 2.80. The number of rotatable bonds is 2. The topological polar surface area (TPSA) is 60.6 Å². The molecule has 6 heteroatoms. The summed E-state index contributed by atoms with van der Waals surface area (Å²) in [5, 5.41) is 12.3. The molecule has 1 aliphatic heterocycles. The van der Waals surface area contributed by atoms with Crippen LogP contribution in [0.2, 0.25) is 0 Å². The van der Waals surface area contributed by atoms with E-state index in [-0.39, 0.29) is 6.04 Å². The molecule has 3 aromatic rings. The summed E-state index contributed by atoms with van der Waals surface area (Å²) in [6, 6.07) is 12.3. The molecule has 1 N–H and O–H groups in total. The number of fused-ring (bicyclic) bond motifs is 1. The van der Waals surface area contributed by atoms with E-state index in [0.717, 1.165) is 36.0 Å². The Morgan fingerprint density at radius 2 is 2.05 bits per heavy atom. The monoisotopic (exact) mass is 280 g/mol. The van der Waals surface area contributed by atoms with Crippen molar-refractivity contribution in [2.75, 3.05) is 11.9 Å². The number of nitrogens with one attached hydrogen (secondary N) is 1. The Bertz CT molecular complexity index is 758. The maximum absolute atomic E-state index is 4.70. The molecule has 2 aromatic heterocycles. The van der Waals surface area contributed by atoms with Crippen molar-refractivity contribution in [3.8, 4) is 11.4 Å². The molecule has 4 rings (SSSR count). The first-order chi connectivity index (χ1) is 10.3. The second-order valence-corrected chi connectivity index (χ2v) is 5.18. The van der Waals surface area contributed by atoms with Crippen molar-refractivity contribution < 1.29 is 0 Å². The lowest BCUT2D eigenvalue weighted by molar-refractivity contribution is 0.452. The zero-order valence-electron chi connectivity index (χ0n) is 11.8. The third-order valence-corrected chi connectivity index (χ3v) is 3.86. The fourth-order valence-electron chi connectivity index (χ4n) is 2.80. The molecule has 1 aliphatic rings. The summed E-state index contributed by atoms with van der Waals surface area (Å²) < 4.78 is 3.88. The minimum Gasteiger partial charge on any atom is -0.354 e. The third-order valence-electron chi connectivity index (χ3n) is 3.86. The van der Waals surface area contributed by atoms with Gasteiger partial charge >= 0.3 is 0 Å². The van der Waals surface area contributed by atoms with Gasteiger partial charge in [0.1, 0.15) is 0 Å². The van der Waals surface area contributed by atoms with E-state index < -0.39 is 0 Å². The van der Waals surface area contributed by atoms with Gasteiger partial charge in [-0.3, -0.25) is 4.68 Å². The van der Waals surface area contributed by atoms with Gasteiger partial charge in [-0.05, 0) is 12.5 Å². The Balaban J connectivity index is 1.79. The Morgan fingerprint density at radius 1 is 1.19 bits per heavy atom. The van der Waals surface area contributed by atoms with Gasteiger partial charge < -0.3 is 5.32 Å². The Labute approximate surface area is 122 Å². The highest BCUT2D eigenvalue weighted by molar-refractivity contribution is 5.56. The van der Waals surface area contributed by atoms with Crippen LogP contribution in [0.1, 0.15) is 18.2 Å². The fraction of sp³-hybridized carbons (Fsp3) is 0.267. The van der Waals surface area contributed by atoms with Crippen LogP contribution in [0.5, 0.6) is 0 Å². The van der Waals surface area contributed by atoms with Gasteiger partial charge in [-0.25, -0.2) is 4.68 Å². The van der Waals surface area contributed by atoms with E-state index in [1.54, 1.807) is 0 Å². The molecule has 0 fully saturated rings. The summed E-state index contributed by atoms with van der Waals surface area (Å²) >= 11 is 0. The van der Waals surface area contributed by atoms with E-state index in [1.165, 1.54) is 0 Å². The summed E-state index contributed by atoms with van der Waals surface area (Å²) in [7, 11) is 1.96. The number of aromatic nitrogens is 5. The lowest BCUT2D eigenvalue weighted by atomic mass is 10.1. The van der Waals surface area contributed by atoms with Crippen LogP contribution in [0.3, 0.4) is 0 Å². The van der Waals surface area contributed by atoms with Crippen molar-refractivity contribution in [1.29, 1.82) is 0 Å². The maximum atomic E-state index is 4.70. The quantitative estimate of drug-likeness (QED) is 0.781. The van der Waals surface area contributed by atoms with Gasteiger partial charge in [0.2, 0.25) is 5.95 Å². The smallest absolute Gasteiger partial charge is 0.222 e. The standard InChI is InChI=1S/C15H16N6/c1-20-12(8-10-17-20)13-7-9-16-15-18-14(19-21(13)15)11-5-3-2-4-6-11/h2-6,8,10,13H,7,9H2,1H3,(H,16,18,19). The van der Waals surface area contributed by atoms with E-state index >= 15 is 0 Å². The van der Waals surface area contributed by atoms with Crippen LogP contribution >= 0.6 is 0 Å². The zero-order chi connectivity index (χ0) is 14.2. The van der Waals surface area contributed by atoms with Crippen LogP contribution in [0.4, 0.5) is 5.95 Å². The van der Waals surface area contributed by atoms with E-state index in [9.17, 15) is 0 Å². The average Bonchev–Trinajstić information content (AvgIpc) is 3.14. The first-order valence-electron chi connectivity index (χ1n) is 7.06. The van der Waals surface area contributed by atoms with Gasteiger partial charge in [0.15, 0.2) is 5.82 Å². The van der Waals surface area contributed by atoms with Gasteiger partial charge in [0.05, 0.1) is 11.7 Å². The number of anilines is 1. The molecule has 1 aromatic carbocycles. The summed E-state index contributed by atoms with van der Waals surface area (Å²) in [5.41, 5.74) is 2.19. The maximum Gasteiger partial charge on any atom is 0.222 e. The van der Waals surface area contributed by atoms with Crippen LogP contribution < -0.4 is 5.32 Å². The Kier molecular flexibility index (Phi) is 2.73. The van der Waals surface area contributed by atoms with Crippen LogP contribution in [0.25, 0.3) is 11.4 Å². The summed E-state index contributed by atoms with van der Waals surface area (Å²) in [4.78, 5) is 4.62. The highest BCUT2D eigenvalue weighted by Crippen LogP contribution is 2.29. The van der Waals surface area contributed by atoms with Gasteiger partial charge in [0, 0.05) is 25.4 Å². The highest BCUT2D eigenvalue weighted by atomic mass is 15.4. The molecule has 3 heterocycles. The summed E-state index contributed by atoms with van der Waals surface area (Å²) in [6.07, 6.45) is 2.80. The van der Waals surface area contributed by atoms with E-state index in [2.05, 4.69) is 15.4 Å². The van der Waals surface area contributed by atoms with Crippen molar-refractivity contribution in [3.63, 3.8) is 0 Å². The molecule has 0 saturated heterocycles. The van der Waals surface area contributed by atoms with Crippen molar-refractivity contribution in [2.24, 2.45) is 7.05 Å². The molecule has 0 saturated carbocycles. The van der Waals surface area contributed by atoms with E-state index in [1.807, 2.05) is 59.0 Å². The predicted octanol–water partition coefficient (Wildman–Crippen LogP) is 2.08. The molecule has 106 valence electrons. The molecule has 0 amide bonds. The number of hydrogen-bond acceptors (Lipinski definition) is 4. The van der Waals surface area contributed by atoms with Gasteiger partial charge in [-0.15, -0.1) is 5.10 Å². The molecule has 1 atom stereocenters. The van der Waals surface area contributed by atoms with E-state index in [0.29, 0.717) is 0 Å². The Morgan fingerprint density at radius 3 is 2.81 bits per heavy atom. The van der Waals surface area contributed by atoms with Crippen molar-refractivity contribution in [3.05, 3.63) is 48.3 Å². The number of hydrogen-bond donors (Lipinski definition) is 1. The molecule has 0 bridgehead atoms. The van der Waals surface area contributed by atoms with Crippen molar-refractivity contribution in [1.82, 2.24) is 24.5 Å². The first kappa shape index (κ1) is 12.1. The van der Waals surface area contributed by atoms with Gasteiger partial charge in [-0.2, -0.15) is 10.1 Å². The largest absolute Gasteiger partial charge is 0.354 e. The summed E-state index contributed by atoms with van der Waals surface area (Å²) in [5.74, 6) is 1.58. The highest BCUT2D eigenvalue weighted by Gasteiger charge is 2.26.